The molecule has 0 radical (unpaired) electrons. The molecule has 3 heteroatoms. The van der Waals surface area contributed by atoms with Crippen molar-refractivity contribution in [1.82, 2.24) is 0 Å². The molecule has 1 N–H and O–H groups in total. The second-order valence-corrected chi connectivity index (χ2v) is 7.81. The van der Waals surface area contributed by atoms with Gasteiger partial charge in [-0.15, -0.1) is 0 Å². The highest BCUT2D eigenvalue weighted by atomic mass is 16.5. The van der Waals surface area contributed by atoms with Gasteiger partial charge in [-0.05, 0) is 49.4 Å². The first kappa shape index (κ1) is 19.5. The summed E-state index contributed by atoms with van der Waals surface area (Å²) < 4.78 is 6.83. The molecule has 1 unspecified atom stereocenters. The third-order valence-electron chi connectivity index (χ3n) is 4.33. The number of benzene rings is 2. The lowest BCUT2D eigenvalue weighted by atomic mass is 10.0. The summed E-state index contributed by atoms with van der Waals surface area (Å²) >= 11 is 0. The van der Waals surface area contributed by atoms with Gasteiger partial charge >= 0.3 is 0 Å². The van der Waals surface area contributed by atoms with Crippen LogP contribution in [-0.4, -0.2) is 43.9 Å². The third-order valence-corrected chi connectivity index (χ3v) is 4.33. The molecule has 25 heavy (non-hydrogen) atoms. The summed E-state index contributed by atoms with van der Waals surface area (Å²) in [5.41, 5.74) is 3.00. The number of hydrogen-bond acceptors (Lipinski definition) is 2. The Morgan fingerprint density at radius 3 is 1.96 bits per heavy atom. The number of nitrogens with zero attached hydrogens (tertiary/aromatic N) is 1. The molecule has 0 aliphatic heterocycles. The van der Waals surface area contributed by atoms with Gasteiger partial charge in [-0.1, -0.05) is 42.0 Å². The van der Waals surface area contributed by atoms with E-state index in [0.29, 0.717) is 0 Å². The molecular formula is C22H32NO2+. The molecule has 0 bridgehead atoms. The summed E-state index contributed by atoms with van der Waals surface area (Å²) in [4.78, 5) is 0. The molecule has 2 rings (SSSR count). The van der Waals surface area contributed by atoms with Crippen LogP contribution in [0, 0.1) is 6.92 Å². The van der Waals surface area contributed by atoms with Gasteiger partial charge in [0.15, 0.2) is 0 Å². The van der Waals surface area contributed by atoms with E-state index in [2.05, 4.69) is 21.1 Å². The third kappa shape index (κ3) is 6.89. The SMILES string of the molecule is Cc1ccc(C(O)c2ccc(OCCCCC[N+](C)(C)C)cc2)cc1. The molecule has 3 nitrogen and oxygen atoms in total. The van der Waals surface area contributed by atoms with Crippen LogP contribution in [0.1, 0.15) is 42.1 Å². The number of aliphatic hydroxyl groups is 1. The highest BCUT2D eigenvalue weighted by molar-refractivity contribution is 5.34. The van der Waals surface area contributed by atoms with Crippen molar-refractivity contribution in [3.63, 3.8) is 0 Å². The summed E-state index contributed by atoms with van der Waals surface area (Å²) in [6.07, 6.45) is 2.91. The van der Waals surface area contributed by atoms with Gasteiger partial charge < -0.3 is 14.3 Å². The zero-order valence-electron chi connectivity index (χ0n) is 16.0. The van der Waals surface area contributed by atoms with Gasteiger partial charge in [-0.2, -0.15) is 0 Å². The number of hydrogen-bond donors (Lipinski definition) is 1. The fourth-order valence-electron chi connectivity index (χ4n) is 2.74. The summed E-state index contributed by atoms with van der Waals surface area (Å²) in [6.45, 7) is 3.99. The Morgan fingerprint density at radius 2 is 1.40 bits per heavy atom. The van der Waals surface area contributed by atoms with Crippen LogP contribution < -0.4 is 4.74 Å². The van der Waals surface area contributed by atoms with E-state index in [4.69, 9.17) is 4.74 Å². The molecule has 2 aromatic rings. The zero-order valence-corrected chi connectivity index (χ0v) is 16.0. The van der Waals surface area contributed by atoms with Gasteiger partial charge in [0, 0.05) is 0 Å². The second kappa shape index (κ2) is 9.02. The van der Waals surface area contributed by atoms with Crippen molar-refractivity contribution >= 4 is 0 Å². The molecular weight excluding hydrogens is 310 g/mol. The van der Waals surface area contributed by atoms with Crippen LogP contribution in [0.25, 0.3) is 0 Å². The van der Waals surface area contributed by atoms with E-state index < -0.39 is 6.10 Å². The van der Waals surface area contributed by atoms with Crippen LogP contribution in [-0.2, 0) is 0 Å². The van der Waals surface area contributed by atoms with Crippen molar-refractivity contribution < 1.29 is 14.3 Å². The van der Waals surface area contributed by atoms with Crippen molar-refractivity contribution in [3.05, 3.63) is 65.2 Å². The predicted molar refractivity (Wildman–Crippen MR) is 104 cm³/mol. The van der Waals surface area contributed by atoms with Crippen LogP contribution in [0.2, 0.25) is 0 Å². The minimum absolute atomic E-state index is 0.592. The molecule has 0 aliphatic carbocycles. The Morgan fingerprint density at radius 1 is 0.840 bits per heavy atom. The molecule has 0 fully saturated rings. The predicted octanol–water partition coefficient (Wildman–Crippen LogP) is 4.33. The standard InChI is InChI=1S/C22H32NO2/c1-18-8-10-19(11-9-18)22(24)20-12-14-21(15-13-20)25-17-7-5-6-16-23(2,3)4/h8-15,22,24H,5-7,16-17H2,1-4H3/q+1. The van der Waals surface area contributed by atoms with Gasteiger partial charge in [-0.25, -0.2) is 0 Å². The monoisotopic (exact) mass is 342 g/mol. The van der Waals surface area contributed by atoms with Gasteiger partial charge in [0.1, 0.15) is 11.9 Å². The van der Waals surface area contributed by atoms with Crippen LogP contribution in [0.5, 0.6) is 5.75 Å². The van der Waals surface area contributed by atoms with E-state index in [1.54, 1.807) is 0 Å². The molecule has 0 aromatic heterocycles. The largest absolute Gasteiger partial charge is 0.494 e. The van der Waals surface area contributed by atoms with Crippen LogP contribution in [0.15, 0.2) is 48.5 Å². The van der Waals surface area contributed by atoms with Crippen molar-refractivity contribution in [1.29, 1.82) is 0 Å². The number of ether oxygens (including phenoxy) is 1. The Kier molecular flexibility index (Phi) is 7.03. The fraction of sp³-hybridized carbons (Fsp3) is 0.455. The summed E-state index contributed by atoms with van der Waals surface area (Å²) in [5, 5.41) is 10.5. The van der Waals surface area contributed by atoms with Crippen molar-refractivity contribution in [2.24, 2.45) is 0 Å². The molecule has 0 heterocycles. The van der Waals surface area contributed by atoms with Gasteiger partial charge in [0.05, 0.1) is 34.3 Å². The number of aliphatic hydroxyl groups excluding tert-OH is 1. The minimum Gasteiger partial charge on any atom is -0.494 e. The van der Waals surface area contributed by atoms with E-state index in [0.717, 1.165) is 34.4 Å². The second-order valence-electron chi connectivity index (χ2n) is 7.81. The van der Waals surface area contributed by atoms with Gasteiger partial charge in [0.25, 0.3) is 0 Å². The topological polar surface area (TPSA) is 29.5 Å². The molecule has 0 amide bonds. The minimum atomic E-state index is -0.592. The smallest absolute Gasteiger partial charge is 0.119 e. The first-order valence-electron chi connectivity index (χ1n) is 9.13. The number of rotatable bonds is 9. The lowest BCUT2D eigenvalue weighted by Gasteiger charge is -2.23. The van der Waals surface area contributed by atoms with E-state index in [1.807, 2.05) is 55.5 Å². The number of quaternary nitrogens is 1. The number of unbranched alkanes of at least 4 members (excludes halogenated alkanes) is 2. The van der Waals surface area contributed by atoms with Crippen LogP contribution in [0.4, 0.5) is 0 Å². The molecule has 2 aromatic carbocycles. The van der Waals surface area contributed by atoms with Gasteiger partial charge in [0.2, 0.25) is 0 Å². The van der Waals surface area contributed by atoms with Crippen LogP contribution in [0.3, 0.4) is 0 Å². The van der Waals surface area contributed by atoms with E-state index in [-0.39, 0.29) is 0 Å². The maximum absolute atomic E-state index is 10.5. The highest BCUT2D eigenvalue weighted by Gasteiger charge is 2.10. The maximum Gasteiger partial charge on any atom is 0.119 e. The van der Waals surface area contributed by atoms with Crippen molar-refractivity contribution in [3.8, 4) is 5.75 Å². The average molecular weight is 343 g/mol. The van der Waals surface area contributed by atoms with E-state index in [1.165, 1.54) is 24.9 Å². The molecule has 0 spiro atoms. The van der Waals surface area contributed by atoms with Crippen LogP contribution >= 0.6 is 0 Å². The Bertz CT molecular complexity index is 627. The normalized spacial score (nSPS) is 12.8. The Hall–Kier alpha value is -1.84. The molecule has 0 saturated heterocycles. The maximum atomic E-state index is 10.5. The average Bonchev–Trinajstić information content (AvgIpc) is 2.58. The van der Waals surface area contributed by atoms with Crippen molar-refractivity contribution in [2.75, 3.05) is 34.3 Å². The molecule has 0 saturated carbocycles. The quantitative estimate of drug-likeness (QED) is 0.543. The van der Waals surface area contributed by atoms with Gasteiger partial charge in [-0.3, -0.25) is 0 Å². The lowest BCUT2D eigenvalue weighted by Crippen LogP contribution is -2.35. The van der Waals surface area contributed by atoms with E-state index >= 15 is 0 Å². The molecule has 0 aliphatic rings. The first-order chi connectivity index (χ1) is 11.8. The number of aryl methyl sites for hydroxylation is 1. The summed E-state index contributed by atoms with van der Waals surface area (Å²) in [5.74, 6) is 0.867. The fourth-order valence-corrected chi connectivity index (χ4v) is 2.74. The first-order valence-corrected chi connectivity index (χ1v) is 9.13. The Balaban J connectivity index is 1.77. The molecule has 136 valence electrons. The van der Waals surface area contributed by atoms with E-state index in [9.17, 15) is 5.11 Å². The Labute approximate surface area is 152 Å². The van der Waals surface area contributed by atoms with Crippen molar-refractivity contribution in [2.45, 2.75) is 32.3 Å². The summed E-state index contributed by atoms with van der Waals surface area (Å²) in [6, 6.07) is 15.8. The lowest BCUT2D eigenvalue weighted by molar-refractivity contribution is -0.870. The zero-order chi connectivity index (χ0) is 18.3. The highest BCUT2D eigenvalue weighted by Crippen LogP contribution is 2.24. The molecule has 1 atom stereocenters. The summed E-state index contributed by atoms with van der Waals surface area (Å²) in [7, 11) is 6.68.